The van der Waals surface area contributed by atoms with Crippen molar-refractivity contribution in [2.45, 2.75) is 78.7 Å². The highest BCUT2D eigenvalue weighted by molar-refractivity contribution is 5.69. The topological polar surface area (TPSA) is 26.3 Å². The maximum Gasteiger partial charge on any atom is 0.305 e. The number of ether oxygens (including phenoxy) is 1. The minimum atomic E-state index is -0.0768. The summed E-state index contributed by atoms with van der Waals surface area (Å²) in [5, 5.41) is 0. The van der Waals surface area contributed by atoms with Gasteiger partial charge >= 0.3 is 5.97 Å². The molecule has 0 aromatic rings. The van der Waals surface area contributed by atoms with Gasteiger partial charge < -0.3 is 4.74 Å². The van der Waals surface area contributed by atoms with Crippen molar-refractivity contribution < 1.29 is 9.53 Å². The average molecular weight is 228 g/mol. The number of carbonyl (C=O) groups excluding carboxylic acids is 1. The first-order valence-electron chi connectivity index (χ1n) is 6.79. The monoisotopic (exact) mass is 228 g/mol. The van der Waals surface area contributed by atoms with Crippen LogP contribution < -0.4 is 0 Å². The number of hydrogen-bond acceptors (Lipinski definition) is 2. The molecule has 0 aliphatic rings. The van der Waals surface area contributed by atoms with Crippen LogP contribution in [0.5, 0.6) is 0 Å². The molecule has 2 heteroatoms. The quantitative estimate of drug-likeness (QED) is 0.434. The van der Waals surface area contributed by atoms with Crippen molar-refractivity contribution in [2.24, 2.45) is 5.92 Å². The van der Waals surface area contributed by atoms with E-state index in [4.69, 9.17) is 4.74 Å². The van der Waals surface area contributed by atoms with E-state index in [-0.39, 0.29) is 12.1 Å². The molecule has 0 aliphatic heterocycles. The van der Waals surface area contributed by atoms with Crippen LogP contribution in [0.3, 0.4) is 0 Å². The molecular formula is C14H28O2. The van der Waals surface area contributed by atoms with Crippen molar-refractivity contribution in [1.82, 2.24) is 0 Å². The van der Waals surface area contributed by atoms with Crippen molar-refractivity contribution in [3.8, 4) is 0 Å². The summed E-state index contributed by atoms with van der Waals surface area (Å²) in [5.74, 6) is 0.780. The molecule has 0 radical (unpaired) electrons. The van der Waals surface area contributed by atoms with Crippen LogP contribution in [0.15, 0.2) is 0 Å². The third-order valence-corrected chi connectivity index (χ3v) is 3.13. The summed E-state index contributed by atoms with van der Waals surface area (Å²) in [6.07, 6.45) is 7.95. The van der Waals surface area contributed by atoms with Gasteiger partial charge in [0.15, 0.2) is 0 Å². The van der Waals surface area contributed by atoms with Crippen LogP contribution in [0.2, 0.25) is 0 Å². The Morgan fingerprint density at radius 3 is 2.25 bits per heavy atom. The van der Waals surface area contributed by atoms with E-state index in [2.05, 4.69) is 13.8 Å². The van der Waals surface area contributed by atoms with Crippen molar-refractivity contribution in [2.75, 3.05) is 0 Å². The SMILES string of the molecule is CCC(=O)O[C@H](C)CCCCC[C@@H](C)CC. The Kier molecular flexibility index (Phi) is 9.36. The van der Waals surface area contributed by atoms with Crippen molar-refractivity contribution >= 4 is 5.97 Å². The highest BCUT2D eigenvalue weighted by Gasteiger charge is 2.07. The first-order chi connectivity index (χ1) is 7.60. The standard InChI is InChI=1S/C14H28O2/c1-5-12(3)10-8-7-9-11-13(4)16-14(15)6-2/h12-13H,5-11H2,1-4H3/t12-,13+/m0/s1. The van der Waals surface area contributed by atoms with Crippen molar-refractivity contribution in [1.29, 1.82) is 0 Å². The minimum Gasteiger partial charge on any atom is -0.463 e. The molecule has 0 spiro atoms. The van der Waals surface area contributed by atoms with Gasteiger partial charge in [-0.3, -0.25) is 4.79 Å². The zero-order valence-corrected chi connectivity index (χ0v) is 11.4. The van der Waals surface area contributed by atoms with E-state index in [0.717, 1.165) is 12.3 Å². The molecule has 0 bridgehead atoms. The summed E-state index contributed by atoms with van der Waals surface area (Å²) in [6, 6.07) is 0. The largest absolute Gasteiger partial charge is 0.463 e. The lowest BCUT2D eigenvalue weighted by Gasteiger charge is -2.12. The smallest absolute Gasteiger partial charge is 0.305 e. The number of esters is 1. The third kappa shape index (κ3) is 8.75. The molecule has 2 nitrogen and oxygen atoms in total. The third-order valence-electron chi connectivity index (χ3n) is 3.13. The molecule has 0 N–H and O–H groups in total. The Morgan fingerprint density at radius 1 is 1.06 bits per heavy atom. The van der Waals surface area contributed by atoms with E-state index in [1.54, 1.807) is 0 Å². The van der Waals surface area contributed by atoms with Gasteiger partial charge in [0.25, 0.3) is 0 Å². The number of unbranched alkanes of at least 4 members (excludes halogenated alkanes) is 2. The molecule has 0 rings (SSSR count). The Hall–Kier alpha value is -0.530. The molecule has 0 fully saturated rings. The first kappa shape index (κ1) is 15.5. The summed E-state index contributed by atoms with van der Waals surface area (Å²) in [6.45, 7) is 8.38. The van der Waals surface area contributed by atoms with Gasteiger partial charge in [-0.15, -0.1) is 0 Å². The summed E-state index contributed by atoms with van der Waals surface area (Å²) in [4.78, 5) is 11.0. The second-order valence-corrected chi connectivity index (χ2v) is 4.81. The van der Waals surface area contributed by atoms with Gasteiger partial charge in [-0.1, -0.05) is 46.5 Å². The molecule has 0 aromatic carbocycles. The number of carbonyl (C=O) groups is 1. The second kappa shape index (κ2) is 9.68. The molecule has 0 aliphatic carbocycles. The van der Waals surface area contributed by atoms with Gasteiger partial charge in [-0.05, 0) is 25.7 Å². The zero-order chi connectivity index (χ0) is 12.4. The van der Waals surface area contributed by atoms with Crippen LogP contribution in [0.4, 0.5) is 0 Å². The average Bonchev–Trinajstić information content (AvgIpc) is 2.27. The van der Waals surface area contributed by atoms with E-state index < -0.39 is 0 Å². The summed E-state index contributed by atoms with van der Waals surface area (Å²) in [7, 11) is 0. The normalized spacial score (nSPS) is 14.5. The number of rotatable bonds is 9. The molecule has 0 heterocycles. The van der Waals surface area contributed by atoms with Gasteiger partial charge in [-0.2, -0.15) is 0 Å². The van der Waals surface area contributed by atoms with Gasteiger partial charge in [0.2, 0.25) is 0 Å². The van der Waals surface area contributed by atoms with E-state index in [9.17, 15) is 4.79 Å². The van der Waals surface area contributed by atoms with Crippen LogP contribution in [0.1, 0.15) is 72.6 Å². The van der Waals surface area contributed by atoms with E-state index >= 15 is 0 Å². The predicted molar refractivity (Wildman–Crippen MR) is 68.4 cm³/mol. The molecule has 0 saturated heterocycles. The Labute approximate surface area is 101 Å². The molecular weight excluding hydrogens is 200 g/mol. The predicted octanol–water partition coefficient (Wildman–Crippen LogP) is 4.32. The van der Waals surface area contributed by atoms with E-state index in [1.807, 2.05) is 13.8 Å². The molecule has 0 amide bonds. The lowest BCUT2D eigenvalue weighted by molar-refractivity contribution is -0.148. The Balaban J connectivity index is 3.34. The number of hydrogen-bond donors (Lipinski definition) is 0. The van der Waals surface area contributed by atoms with Gasteiger partial charge in [0.05, 0.1) is 6.10 Å². The van der Waals surface area contributed by atoms with E-state index in [1.165, 1.54) is 32.1 Å². The fraction of sp³-hybridized carbons (Fsp3) is 0.929. The lowest BCUT2D eigenvalue weighted by Crippen LogP contribution is -2.13. The summed E-state index contributed by atoms with van der Waals surface area (Å²) < 4.78 is 5.21. The molecule has 2 atom stereocenters. The van der Waals surface area contributed by atoms with Crippen LogP contribution in [-0.4, -0.2) is 12.1 Å². The van der Waals surface area contributed by atoms with Crippen molar-refractivity contribution in [3.63, 3.8) is 0 Å². The van der Waals surface area contributed by atoms with Crippen LogP contribution in [0, 0.1) is 5.92 Å². The minimum absolute atomic E-state index is 0.0768. The Morgan fingerprint density at radius 2 is 1.69 bits per heavy atom. The second-order valence-electron chi connectivity index (χ2n) is 4.81. The molecule has 16 heavy (non-hydrogen) atoms. The summed E-state index contributed by atoms with van der Waals surface area (Å²) in [5.41, 5.74) is 0. The maximum absolute atomic E-state index is 11.0. The maximum atomic E-state index is 11.0. The van der Waals surface area contributed by atoms with Crippen molar-refractivity contribution in [3.05, 3.63) is 0 Å². The highest BCUT2D eigenvalue weighted by Crippen LogP contribution is 2.14. The molecule has 96 valence electrons. The zero-order valence-electron chi connectivity index (χ0n) is 11.4. The van der Waals surface area contributed by atoms with Gasteiger partial charge in [0, 0.05) is 6.42 Å². The van der Waals surface area contributed by atoms with Gasteiger partial charge in [-0.25, -0.2) is 0 Å². The fourth-order valence-corrected chi connectivity index (χ4v) is 1.67. The summed E-state index contributed by atoms with van der Waals surface area (Å²) >= 11 is 0. The molecule has 0 unspecified atom stereocenters. The Bertz CT molecular complexity index is 178. The first-order valence-corrected chi connectivity index (χ1v) is 6.79. The van der Waals surface area contributed by atoms with Gasteiger partial charge in [0.1, 0.15) is 0 Å². The van der Waals surface area contributed by atoms with E-state index in [0.29, 0.717) is 6.42 Å². The molecule has 0 saturated carbocycles. The van der Waals surface area contributed by atoms with Crippen LogP contribution >= 0.6 is 0 Å². The lowest BCUT2D eigenvalue weighted by atomic mass is 10.00. The van der Waals surface area contributed by atoms with Crippen LogP contribution in [0.25, 0.3) is 0 Å². The van der Waals surface area contributed by atoms with Crippen LogP contribution in [-0.2, 0) is 9.53 Å². The fourth-order valence-electron chi connectivity index (χ4n) is 1.67. The molecule has 0 aromatic heterocycles. The highest BCUT2D eigenvalue weighted by atomic mass is 16.5.